The van der Waals surface area contributed by atoms with Crippen LogP contribution in [-0.4, -0.2) is 40.5 Å². The van der Waals surface area contributed by atoms with E-state index in [1.165, 1.54) is 11.1 Å². The molecule has 3 heterocycles. The van der Waals surface area contributed by atoms with Crippen LogP contribution in [0.5, 0.6) is 5.88 Å². The number of aryl methyl sites for hydroxylation is 2. The maximum atomic E-state index is 6.04. The molecule has 1 atom stereocenters. The summed E-state index contributed by atoms with van der Waals surface area (Å²) in [5, 5.41) is 11.1. The summed E-state index contributed by atoms with van der Waals surface area (Å²) in [5.74, 6) is 0.666. The van der Waals surface area contributed by atoms with E-state index in [1.54, 1.807) is 4.68 Å². The molecule has 0 fully saturated rings. The Bertz CT molecular complexity index is 903. The van der Waals surface area contributed by atoms with Gasteiger partial charge in [-0.05, 0) is 31.5 Å². The van der Waals surface area contributed by atoms with Crippen molar-refractivity contribution in [2.75, 3.05) is 25.0 Å². The van der Waals surface area contributed by atoms with Gasteiger partial charge in [0.1, 0.15) is 6.10 Å². The van der Waals surface area contributed by atoms with Gasteiger partial charge in [0.2, 0.25) is 5.88 Å². The van der Waals surface area contributed by atoms with Crippen LogP contribution in [-0.2, 0) is 13.5 Å². The molecule has 27 heavy (non-hydrogen) atoms. The van der Waals surface area contributed by atoms with E-state index in [0.717, 1.165) is 42.9 Å². The third kappa shape index (κ3) is 4.28. The van der Waals surface area contributed by atoms with Gasteiger partial charge >= 0.3 is 0 Å². The molecule has 1 aliphatic heterocycles. The number of nitrogens with zero attached hydrogens (tertiary/aromatic N) is 3. The quantitative estimate of drug-likeness (QED) is 0.660. The predicted octanol–water partition coefficient (Wildman–Crippen LogP) is 2.80. The Morgan fingerprint density at radius 2 is 2.07 bits per heavy atom. The standard InChI is InChI=1S/C21H25N5O/c1-15-3-5-16(6-4-15)7-8-22-12-19-13-23-20-9-17(10-24-21(20)27-19)18-11-25-26(2)14-18/h3-6,9-11,14,19,22-23H,7-8,12-13H2,1-2H3. The lowest BCUT2D eigenvalue weighted by atomic mass is 10.1. The molecule has 3 aromatic rings. The maximum absolute atomic E-state index is 6.04. The number of hydrogen-bond donors (Lipinski definition) is 2. The lowest BCUT2D eigenvalue weighted by Crippen LogP contribution is -2.40. The van der Waals surface area contributed by atoms with Gasteiger partial charge in [0, 0.05) is 37.1 Å². The SMILES string of the molecule is Cc1ccc(CCNCC2CNc3cc(-c4cnn(C)c4)cnc3O2)cc1. The fourth-order valence-corrected chi connectivity index (χ4v) is 3.19. The summed E-state index contributed by atoms with van der Waals surface area (Å²) in [6, 6.07) is 10.8. The topological polar surface area (TPSA) is 64.0 Å². The van der Waals surface area contributed by atoms with Crippen molar-refractivity contribution in [3.63, 3.8) is 0 Å². The molecule has 140 valence electrons. The van der Waals surface area contributed by atoms with E-state index in [-0.39, 0.29) is 6.10 Å². The predicted molar refractivity (Wildman–Crippen MR) is 107 cm³/mol. The Balaban J connectivity index is 1.29. The van der Waals surface area contributed by atoms with Crippen LogP contribution in [0.15, 0.2) is 48.9 Å². The van der Waals surface area contributed by atoms with Crippen molar-refractivity contribution < 1.29 is 4.74 Å². The average Bonchev–Trinajstić information content (AvgIpc) is 3.12. The lowest BCUT2D eigenvalue weighted by molar-refractivity contribution is 0.194. The first-order valence-corrected chi connectivity index (χ1v) is 9.33. The van der Waals surface area contributed by atoms with Gasteiger partial charge in [-0.3, -0.25) is 4.68 Å². The molecule has 0 bridgehead atoms. The second-order valence-electron chi connectivity index (χ2n) is 7.04. The number of ether oxygens (including phenoxy) is 1. The van der Waals surface area contributed by atoms with Crippen LogP contribution in [0.4, 0.5) is 5.69 Å². The zero-order chi connectivity index (χ0) is 18.6. The molecule has 0 aliphatic carbocycles. The lowest BCUT2D eigenvalue weighted by Gasteiger charge is -2.27. The summed E-state index contributed by atoms with van der Waals surface area (Å²) < 4.78 is 7.83. The highest BCUT2D eigenvalue weighted by molar-refractivity contribution is 5.69. The summed E-state index contributed by atoms with van der Waals surface area (Å²) in [6.07, 6.45) is 6.75. The smallest absolute Gasteiger partial charge is 0.237 e. The first-order chi connectivity index (χ1) is 13.2. The Kier molecular flexibility index (Phi) is 5.07. The third-order valence-corrected chi connectivity index (χ3v) is 4.77. The molecule has 6 heteroatoms. The summed E-state index contributed by atoms with van der Waals surface area (Å²) in [4.78, 5) is 4.49. The normalized spacial score (nSPS) is 15.7. The van der Waals surface area contributed by atoms with Crippen molar-refractivity contribution in [1.82, 2.24) is 20.1 Å². The van der Waals surface area contributed by atoms with Crippen LogP contribution in [0, 0.1) is 6.92 Å². The van der Waals surface area contributed by atoms with Gasteiger partial charge in [0.05, 0.1) is 18.4 Å². The molecule has 0 saturated heterocycles. The number of rotatable bonds is 6. The van der Waals surface area contributed by atoms with Gasteiger partial charge in [-0.1, -0.05) is 29.8 Å². The number of aromatic nitrogens is 3. The Labute approximate surface area is 159 Å². The number of benzene rings is 1. The molecule has 1 aliphatic rings. The van der Waals surface area contributed by atoms with Gasteiger partial charge in [-0.25, -0.2) is 4.98 Å². The van der Waals surface area contributed by atoms with Crippen molar-refractivity contribution in [3.8, 4) is 17.0 Å². The van der Waals surface area contributed by atoms with Crippen LogP contribution in [0.1, 0.15) is 11.1 Å². The molecule has 2 aromatic heterocycles. The Morgan fingerprint density at radius 1 is 1.22 bits per heavy atom. The first-order valence-electron chi connectivity index (χ1n) is 9.33. The highest BCUT2D eigenvalue weighted by atomic mass is 16.5. The monoisotopic (exact) mass is 363 g/mol. The van der Waals surface area contributed by atoms with Crippen molar-refractivity contribution >= 4 is 5.69 Å². The van der Waals surface area contributed by atoms with Gasteiger partial charge in [0.15, 0.2) is 0 Å². The molecule has 0 amide bonds. The number of nitrogens with one attached hydrogen (secondary N) is 2. The van der Waals surface area contributed by atoms with Crippen molar-refractivity contribution in [2.45, 2.75) is 19.4 Å². The van der Waals surface area contributed by atoms with Crippen molar-refractivity contribution in [2.24, 2.45) is 7.05 Å². The van der Waals surface area contributed by atoms with Crippen LogP contribution in [0.2, 0.25) is 0 Å². The zero-order valence-electron chi connectivity index (χ0n) is 15.8. The zero-order valence-corrected chi connectivity index (χ0v) is 15.8. The van der Waals surface area contributed by atoms with Gasteiger partial charge in [0.25, 0.3) is 0 Å². The minimum Gasteiger partial charge on any atom is -0.470 e. The molecule has 0 saturated carbocycles. The molecule has 0 spiro atoms. The second-order valence-corrected chi connectivity index (χ2v) is 7.04. The molecule has 1 aromatic carbocycles. The number of fused-ring (bicyclic) bond motifs is 1. The van der Waals surface area contributed by atoms with Crippen LogP contribution < -0.4 is 15.4 Å². The van der Waals surface area contributed by atoms with Crippen LogP contribution >= 0.6 is 0 Å². The van der Waals surface area contributed by atoms with Gasteiger partial charge in [-0.15, -0.1) is 0 Å². The highest BCUT2D eigenvalue weighted by Gasteiger charge is 2.20. The van der Waals surface area contributed by atoms with E-state index >= 15 is 0 Å². The molecule has 6 nitrogen and oxygen atoms in total. The highest BCUT2D eigenvalue weighted by Crippen LogP contribution is 2.30. The maximum Gasteiger partial charge on any atom is 0.237 e. The van der Waals surface area contributed by atoms with E-state index in [4.69, 9.17) is 4.74 Å². The molecular weight excluding hydrogens is 338 g/mol. The van der Waals surface area contributed by atoms with Gasteiger partial charge < -0.3 is 15.4 Å². The molecular formula is C21H25N5O. The van der Waals surface area contributed by atoms with E-state index in [2.05, 4.69) is 58.0 Å². The first kappa shape index (κ1) is 17.5. The number of hydrogen-bond acceptors (Lipinski definition) is 5. The largest absolute Gasteiger partial charge is 0.470 e. The fourth-order valence-electron chi connectivity index (χ4n) is 3.19. The Hall–Kier alpha value is -2.86. The molecule has 4 rings (SSSR count). The fraction of sp³-hybridized carbons (Fsp3) is 0.333. The van der Waals surface area contributed by atoms with Crippen molar-refractivity contribution in [1.29, 1.82) is 0 Å². The van der Waals surface area contributed by atoms with Crippen molar-refractivity contribution in [3.05, 3.63) is 60.0 Å². The van der Waals surface area contributed by atoms with E-state index < -0.39 is 0 Å². The summed E-state index contributed by atoms with van der Waals surface area (Å²) in [5.41, 5.74) is 5.67. The molecule has 1 unspecified atom stereocenters. The van der Waals surface area contributed by atoms with E-state index in [1.807, 2.05) is 25.6 Å². The van der Waals surface area contributed by atoms with Gasteiger partial charge in [-0.2, -0.15) is 5.10 Å². The second kappa shape index (κ2) is 7.80. The minimum atomic E-state index is 0.0762. The number of pyridine rings is 1. The average molecular weight is 363 g/mol. The summed E-state index contributed by atoms with van der Waals surface area (Å²) >= 11 is 0. The van der Waals surface area contributed by atoms with E-state index in [0.29, 0.717) is 5.88 Å². The third-order valence-electron chi connectivity index (χ3n) is 4.77. The Morgan fingerprint density at radius 3 is 2.85 bits per heavy atom. The minimum absolute atomic E-state index is 0.0762. The van der Waals surface area contributed by atoms with Crippen LogP contribution in [0.3, 0.4) is 0 Å². The molecule has 0 radical (unpaired) electrons. The van der Waals surface area contributed by atoms with E-state index in [9.17, 15) is 0 Å². The number of anilines is 1. The summed E-state index contributed by atoms with van der Waals surface area (Å²) in [6.45, 7) is 4.61. The van der Waals surface area contributed by atoms with Crippen LogP contribution in [0.25, 0.3) is 11.1 Å². The summed E-state index contributed by atoms with van der Waals surface area (Å²) in [7, 11) is 1.91. The molecule has 2 N–H and O–H groups in total.